The average Bonchev–Trinajstić information content (AvgIpc) is 3.05. The molecule has 1 aromatic heterocycles. The zero-order chi connectivity index (χ0) is 16.6. The van der Waals surface area contributed by atoms with Gasteiger partial charge >= 0.3 is 6.18 Å². The van der Waals surface area contributed by atoms with Gasteiger partial charge in [0.1, 0.15) is 6.54 Å². The highest BCUT2D eigenvalue weighted by Crippen LogP contribution is 2.30. The Morgan fingerprint density at radius 1 is 1.30 bits per heavy atom. The molecule has 3 rings (SSSR count). The SMILES string of the molecule is Cn1nccc1[C@@H]1CCCN([C@@H]2CCN(CC(F)(F)F)C2=O)C1. The molecule has 2 saturated heterocycles. The van der Waals surface area contributed by atoms with E-state index >= 15 is 0 Å². The van der Waals surface area contributed by atoms with Crippen molar-refractivity contribution in [3.05, 3.63) is 18.0 Å². The zero-order valence-electron chi connectivity index (χ0n) is 13.1. The van der Waals surface area contributed by atoms with Crippen LogP contribution < -0.4 is 0 Å². The van der Waals surface area contributed by atoms with Crippen molar-refractivity contribution in [1.29, 1.82) is 0 Å². The second kappa shape index (κ2) is 6.14. The predicted octanol–water partition coefficient (Wildman–Crippen LogP) is 1.76. The molecule has 1 amide bonds. The first kappa shape index (κ1) is 16.3. The first-order valence-electron chi connectivity index (χ1n) is 7.92. The van der Waals surface area contributed by atoms with Crippen molar-refractivity contribution in [2.75, 3.05) is 26.2 Å². The molecule has 0 saturated carbocycles. The molecule has 2 atom stereocenters. The number of nitrogens with zero attached hydrogens (tertiary/aromatic N) is 4. The third kappa shape index (κ3) is 3.52. The average molecular weight is 330 g/mol. The number of aromatic nitrogens is 2. The van der Waals surface area contributed by atoms with Gasteiger partial charge in [-0.15, -0.1) is 0 Å². The third-order valence-corrected chi connectivity index (χ3v) is 4.81. The number of halogens is 3. The van der Waals surface area contributed by atoms with E-state index in [0.29, 0.717) is 13.0 Å². The second-order valence-electron chi connectivity index (χ2n) is 6.39. The molecule has 23 heavy (non-hydrogen) atoms. The molecule has 2 aliphatic rings. The number of piperidine rings is 1. The summed E-state index contributed by atoms with van der Waals surface area (Å²) in [5.74, 6) is -0.103. The minimum Gasteiger partial charge on any atom is -0.332 e. The van der Waals surface area contributed by atoms with Crippen LogP contribution in [0.3, 0.4) is 0 Å². The quantitative estimate of drug-likeness (QED) is 0.848. The second-order valence-corrected chi connectivity index (χ2v) is 6.39. The molecule has 0 radical (unpaired) electrons. The van der Waals surface area contributed by atoms with Crippen molar-refractivity contribution in [3.8, 4) is 0 Å². The van der Waals surface area contributed by atoms with Gasteiger partial charge in [0.15, 0.2) is 0 Å². The van der Waals surface area contributed by atoms with Gasteiger partial charge in [-0.1, -0.05) is 0 Å². The maximum absolute atomic E-state index is 12.5. The highest BCUT2D eigenvalue weighted by molar-refractivity contribution is 5.84. The van der Waals surface area contributed by atoms with Crippen LogP contribution in [0.4, 0.5) is 13.2 Å². The fourth-order valence-electron chi connectivity index (χ4n) is 3.75. The monoisotopic (exact) mass is 330 g/mol. The fraction of sp³-hybridized carbons (Fsp3) is 0.733. The molecule has 3 heterocycles. The summed E-state index contributed by atoms with van der Waals surface area (Å²) in [6.07, 6.45) is -0.140. The normalized spacial score (nSPS) is 27.0. The predicted molar refractivity (Wildman–Crippen MR) is 77.8 cm³/mol. The Morgan fingerprint density at radius 3 is 2.74 bits per heavy atom. The molecule has 0 N–H and O–H groups in total. The molecule has 8 heteroatoms. The van der Waals surface area contributed by atoms with Crippen LogP contribution in [0.25, 0.3) is 0 Å². The molecule has 0 unspecified atom stereocenters. The van der Waals surface area contributed by atoms with E-state index in [2.05, 4.69) is 10.00 Å². The molecule has 1 aromatic rings. The Kier molecular flexibility index (Phi) is 4.35. The van der Waals surface area contributed by atoms with Gasteiger partial charge in [0.2, 0.25) is 5.91 Å². The van der Waals surface area contributed by atoms with Crippen LogP contribution in [0.5, 0.6) is 0 Å². The first-order valence-corrected chi connectivity index (χ1v) is 7.92. The number of alkyl halides is 3. The van der Waals surface area contributed by atoms with Gasteiger partial charge in [0.25, 0.3) is 0 Å². The fourth-order valence-corrected chi connectivity index (χ4v) is 3.75. The van der Waals surface area contributed by atoms with Crippen molar-refractivity contribution >= 4 is 5.91 Å². The van der Waals surface area contributed by atoms with E-state index in [4.69, 9.17) is 0 Å². The van der Waals surface area contributed by atoms with E-state index in [1.165, 1.54) is 0 Å². The minimum absolute atomic E-state index is 0.190. The topological polar surface area (TPSA) is 41.4 Å². The highest BCUT2D eigenvalue weighted by Gasteiger charge is 2.42. The first-order chi connectivity index (χ1) is 10.8. The van der Waals surface area contributed by atoms with Crippen molar-refractivity contribution < 1.29 is 18.0 Å². The van der Waals surface area contributed by atoms with Crippen LogP contribution in [-0.4, -0.2) is 63.9 Å². The molecule has 128 valence electrons. The smallest absolute Gasteiger partial charge is 0.332 e. The number of hydrogen-bond acceptors (Lipinski definition) is 3. The van der Waals surface area contributed by atoms with Gasteiger partial charge in [0.05, 0.1) is 6.04 Å². The maximum atomic E-state index is 12.5. The van der Waals surface area contributed by atoms with E-state index in [-0.39, 0.29) is 18.4 Å². The lowest BCUT2D eigenvalue weighted by molar-refractivity contribution is -0.159. The standard InChI is InChI=1S/C15H21F3N4O/c1-20-12(4-6-19-20)11-3-2-7-21(9-11)13-5-8-22(14(13)23)10-15(16,17)18/h4,6,11,13H,2-3,5,7-10H2,1H3/t11-,13-/m1/s1. The van der Waals surface area contributed by atoms with E-state index in [1.54, 1.807) is 6.20 Å². The van der Waals surface area contributed by atoms with Gasteiger partial charge in [-0.25, -0.2) is 0 Å². The lowest BCUT2D eigenvalue weighted by atomic mass is 9.93. The number of carbonyl (C=O) groups excluding carboxylic acids is 1. The highest BCUT2D eigenvalue weighted by atomic mass is 19.4. The Hall–Kier alpha value is -1.57. The molecule has 5 nitrogen and oxygen atoms in total. The van der Waals surface area contributed by atoms with Gasteiger partial charge in [-0.3, -0.25) is 14.4 Å². The van der Waals surface area contributed by atoms with Crippen LogP contribution in [0.2, 0.25) is 0 Å². The zero-order valence-corrected chi connectivity index (χ0v) is 13.1. The van der Waals surface area contributed by atoms with Crippen molar-refractivity contribution in [3.63, 3.8) is 0 Å². The van der Waals surface area contributed by atoms with Crippen LogP contribution in [0.15, 0.2) is 12.3 Å². The van der Waals surface area contributed by atoms with Crippen molar-refractivity contribution in [2.45, 2.75) is 37.4 Å². The lowest BCUT2D eigenvalue weighted by Gasteiger charge is -2.36. The maximum Gasteiger partial charge on any atom is 0.406 e. The van der Waals surface area contributed by atoms with E-state index in [0.717, 1.165) is 30.0 Å². The van der Waals surface area contributed by atoms with Crippen LogP contribution >= 0.6 is 0 Å². The summed E-state index contributed by atoms with van der Waals surface area (Å²) < 4.78 is 39.4. The van der Waals surface area contributed by atoms with Gasteiger partial charge in [-0.05, 0) is 31.9 Å². The Balaban J connectivity index is 1.65. The van der Waals surface area contributed by atoms with E-state index in [1.807, 2.05) is 17.8 Å². The lowest BCUT2D eigenvalue weighted by Crippen LogP contribution is -2.47. The number of rotatable bonds is 3. The largest absolute Gasteiger partial charge is 0.406 e. The Bertz CT molecular complexity index is 571. The molecule has 2 aliphatic heterocycles. The van der Waals surface area contributed by atoms with Crippen LogP contribution in [-0.2, 0) is 11.8 Å². The summed E-state index contributed by atoms with van der Waals surface area (Å²) in [5.41, 5.74) is 1.12. The summed E-state index contributed by atoms with van der Waals surface area (Å²) in [7, 11) is 1.89. The molecule has 0 spiro atoms. The molecule has 0 aliphatic carbocycles. The van der Waals surface area contributed by atoms with Gasteiger partial charge in [-0.2, -0.15) is 18.3 Å². The number of amides is 1. The minimum atomic E-state index is -4.33. The van der Waals surface area contributed by atoms with E-state index in [9.17, 15) is 18.0 Å². The number of likely N-dealkylation sites (tertiary alicyclic amines) is 2. The summed E-state index contributed by atoms with van der Waals surface area (Å²) in [4.78, 5) is 15.3. The van der Waals surface area contributed by atoms with Crippen molar-refractivity contribution in [2.24, 2.45) is 7.05 Å². The third-order valence-electron chi connectivity index (χ3n) is 4.81. The Labute approximate surface area is 133 Å². The molecular formula is C15H21F3N4O. The molecule has 2 fully saturated rings. The molecule has 0 bridgehead atoms. The van der Waals surface area contributed by atoms with Crippen LogP contribution in [0, 0.1) is 0 Å². The summed E-state index contributed by atoms with van der Waals surface area (Å²) in [6.45, 7) is 0.525. The van der Waals surface area contributed by atoms with Crippen LogP contribution in [0.1, 0.15) is 30.9 Å². The summed E-state index contributed by atoms with van der Waals surface area (Å²) >= 11 is 0. The number of carbonyl (C=O) groups is 1. The summed E-state index contributed by atoms with van der Waals surface area (Å²) in [5, 5.41) is 4.18. The molecule has 0 aromatic carbocycles. The Morgan fingerprint density at radius 2 is 2.09 bits per heavy atom. The van der Waals surface area contributed by atoms with Crippen molar-refractivity contribution in [1.82, 2.24) is 19.6 Å². The number of aryl methyl sites for hydroxylation is 1. The van der Waals surface area contributed by atoms with Gasteiger partial charge in [0, 0.05) is 37.9 Å². The number of hydrogen-bond donors (Lipinski definition) is 0. The van der Waals surface area contributed by atoms with Gasteiger partial charge < -0.3 is 4.90 Å². The summed E-state index contributed by atoms with van der Waals surface area (Å²) in [6, 6.07) is 1.56. The molecular weight excluding hydrogens is 309 g/mol. The van der Waals surface area contributed by atoms with E-state index < -0.39 is 18.8 Å².